The van der Waals surface area contributed by atoms with Gasteiger partial charge in [-0.05, 0) is 23.8 Å². The van der Waals surface area contributed by atoms with Gasteiger partial charge in [0.15, 0.2) is 12.4 Å². The van der Waals surface area contributed by atoms with E-state index in [-0.39, 0.29) is 12.5 Å². The van der Waals surface area contributed by atoms with Crippen molar-refractivity contribution in [3.8, 4) is 11.1 Å². The summed E-state index contributed by atoms with van der Waals surface area (Å²) >= 11 is 0. The van der Waals surface area contributed by atoms with Crippen LogP contribution in [0, 0.1) is 0 Å². The Balaban J connectivity index is 1.72. The summed E-state index contributed by atoms with van der Waals surface area (Å²) < 4.78 is 1.89. The van der Waals surface area contributed by atoms with Crippen molar-refractivity contribution in [2.75, 3.05) is 5.32 Å². The van der Waals surface area contributed by atoms with Gasteiger partial charge < -0.3 is 5.32 Å². The molecule has 22 heavy (non-hydrogen) atoms. The molecule has 3 heteroatoms. The highest BCUT2D eigenvalue weighted by molar-refractivity contribution is 5.89. The molecule has 0 spiro atoms. The first-order valence-corrected chi connectivity index (χ1v) is 7.21. The van der Waals surface area contributed by atoms with Crippen LogP contribution in [-0.4, -0.2) is 5.91 Å². The molecule has 0 aliphatic rings. The van der Waals surface area contributed by atoms with Crippen LogP contribution in [0.25, 0.3) is 11.1 Å². The van der Waals surface area contributed by atoms with E-state index < -0.39 is 0 Å². The van der Waals surface area contributed by atoms with Crippen LogP contribution in [-0.2, 0) is 11.3 Å². The van der Waals surface area contributed by atoms with E-state index in [4.69, 9.17) is 0 Å². The van der Waals surface area contributed by atoms with Crippen molar-refractivity contribution in [2.24, 2.45) is 0 Å². The van der Waals surface area contributed by atoms with Crippen LogP contribution < -0.4 is 9.88 Å². The lowest BCUT2D eigenvalue weighted by atomic mass is 10.1. The summed E-state index contributed by atoms with van der Waals surface area (Å²) in [6.45, 7) is 0.287. The number of carbonyl (C=O) groups is 1. The fraction of sp³-hybridized carbons (Fsp3) is 0.0526. The Morgan fingerprint density at radius 1 is 0.818 bits per heavy atom. The third kappa shape index (κ3) is 3.58. The Morgan fingerprint density at radius 3 is 2.18 bits per heavy atom. The van der Waals surface area contributed by atoms with Gasteiger partial charge in [0.05, 0.1) is 0 Å². The molecule has 0 radical (unpaired) electrons. The summed E-state index contributed by atoms with van der Waals surface area (Å²) in [4.78, 5) is 12.1. The number of aromatic nitrogens is 1. The third-order valence-corrected chi connectivity index (χ3v) is 3.35. The predicted octanol–water partition coefficient (Wildman–Crippen LogP) is 3.28. The topological polar surface area (TPSA) is 33.0 Å². The summed E-state index contributed by atoms with van der Waals surface area (Å²) in [5.74, 6) is -0.0404. The Hall–Kier alpha value is -2.94. The van der Waals surface area contributed by atoms with E-state index in [0.717, 1.165) is 16.8 Å². The number of anilines is 1. The monoisotopic (exact) mass is 289 g/mol. The van der Waals surface area contributed by atoms with Gasteiger partial charge in [0.1, 0.15) is 0 Å². The van der Waals surface area contributed by atoms with E-state index in [1.807, 2.05) is 77.6 Å². The molecule has 108 valence electrons. The molecule has 0 aliphatic heterocycles. The number of pyridine rings is 1. The number of nitrogens with one attached hydrogen (secondary N) is 1. The molecule has 0 unspecified atom stereocenters. The van der Waals surface area contributed by atoms with Gasteiger partial charge in [0, 0.05) is 17.3 Å². The largest absolute Gasteiger partial charge is 0.321 e. The Labute approximate surface area is 129 Å². The normalized spacial score (nSPS) is 10.2. The lowest BCUT2D eigenvalue weighted by Gasteiger charge is -2.04. The van der Waals surface area contributed by atoms with Gasteiger partial charge >= 0.3 is 0 Å². The van der Waals surface area contributed by atoms with Crippen LogP contribution in [0.3, 0.4) is 0 Å². The van der Waals surface area contributed by atoms with Gasteiger partial charge in [-0.15, -0.1) is 0 Å². The minimum Gasteiger partial charge on any atom is -0.321 e. The second kappa shape index (κ2) is 6.68. The molecule has 2 aromatic carbocycles. The molecule has 1 N–H and O–H groups in total. The van der Waals surface area contributed by atoms with Gasteiger partial charge in [-0.1, -0.05) is 48.5 Å². The van der Waals surface area contributed by atoms with E-state index in [9.17, 15) is 4.79 Å². The van der Waals surface area contributed by atoms with Crippen molar-refractivity contribution in [3.63, 3.8) is 0 Å². The number of hydrogen-bond acceptors (Lipinski definition) is 1. The van der Waals surface area contributed by atoms with E-state index >= 15 is 0 Å². The smallest absolute Gasteiger partial charge is 0.290 e. The molecule has 0 saturated heterocycles. The van der Waals surface area contributed by atoms with Crippen molar-refractivity contribution in [1.82, 2.24) is 0 Å². The van der Waals surface area contributed by atoms with Crippen LogP contribution in [0.1, 0.15) is 0 Å². The number of rotatable bonds is 4. The number of carbonyl (C=O) groups excluding carboxylic acids is 1. The summed E-state index contributed by atoms with van der Waals surface area (Å²) in [7, 11) is 0. The van der Waals surface area contributed by atoms with Gasteiger partial charge in [-0.3, -0.25) is 4.79 Å². The zero-order valence-corrected chi connectivity index (χ0v) is 12.1. The second-order valence-electron chi connectivity index (χ2n) is 5.05. The number of para-hydroxylation sites is 1. The molecule has 0 saturated carbocycles. The Kier molecular flexibility index (Phi) is 4.25. The minimum absolute atomic E-state index is 0.0404. The van der Waals surface area contributed by atoms with Crippen LogP contribution >= 0.6 is 0 Å². The van der Waals surface area contributed by atoms with Gasteiger partial charge in [-0.2, -0.15) is 4.57 Å². The fourth-order valence-corrected chi connectivity index (χ4v) is 2.31. The number of benzene rings is 2. The number of nitrogens with zero attached hydrogens (tertiary/aromatic N) is 1. The molecule has 0 atom stereocenters. The van der Waals surface area contributed by atoms with Crippen LogP contribution in [0.4, 0.5) is 5.69 Å². The zero-order valence-electron chi connectivity index (χ0n) is 12.1. The maximum Gasteiger partial charge on any atom is 0.290 e. The molecule has 0 bridgehead atoms. The SMILES string of the molecule is O=C(C[n+]1cccc(-c2ccccc2)c1)Nc1ccccc1. The van der Waals surface area contributed by atoms with E-state index in [0.29, 0.717) is 0 Å². The number of amides is 1. The van der Waals surface area contributed by atoms with E-state index in [2.05, 4.69) is 17.4 Å². The molecule has 3 nitrogen and oxygen atoms in total. The first-order valence-electron chi connectivity index (χ1n) is 7.21. The van der Waals surface area contributed by atoms with Crippen molar-refractivity contribution >= 4 is 11.6 Å². The molecule has 0 aliphatic carbocycles. The molecular formula is C19H17N2O+. The summed E-state index contributed by atoms with van der Waals surface area (Å²) in [5, 5.41) is 2.89. The molecule has 1 heterocycles. The molecule has 1 aromatic heterocycles. The van der Waals surface area contributed by atoms with E-state index in [1.54, 1.807) is 0 Å². The first kappa shape index (κ1) is 14.0. The van der Waals surface area contributed by atoms with Gasteiger partial charge in [0.2, 0.25) is 6.54 Å². The highest BCUT2D eigenvalue weighted by atomic mass is 16.1. The summed E-state index contributed by atoms with van der Waals surface area (Å²) in [5.41, 5.74) is 3.04. The van der Waals surface area contributed by atoms with Gasteiger partial charge in [0.25, 0.3) is 5.91 Å². The Morgan fingerprint density at radius 2 is 1.45 bits per heavy atom. The lowest BCUT2D eigenvalue weighted by Crippen LogP contribution is -2.39. The van der Waals surface area contributed by atoms with Crippen molar-refractivity contribution in [2.45, 2.75) is 6.54 Å². The first-order chi connectivity index (χ1) is 10.8. The molecule has 1 amide bonds. The highest BCUT2D eigenvalue weighted by Gasteiger charge is 2.10. The van der Waals surface area contributed by atoms with Gasteiger partial charge in [-0.25, -0.2) is 0 Å². The summed E-state index contributed by atoms with van der Waals surface area (Å²) in [6, 6.07) is 23.6. The van der Waals surface area contributed by atoms with Crippen molar-refractivity contribution in [1.29, 1.82) is 0 Å². The van der Waals surface area contributed by atoms with Crippen molar-refractivity contribution in [3.05, 3.63) is 85.2 Å². The van der Waals surface area contributed by atoms with Crippen molar-refractivity contribution < 1.29 is 9.36 Å². The number of hydrogen-bond donors (Lipinski definition) is 1. The second-order valence-corrected chi connectivity index (χ2v) is 5.05. The zero-order chi connectivity index (χ0) is 15.2. The van der Waals surface area contributed by atoms with Crippen LogP contribution in [0.2, 0.25) is 0 Å². The highest BCUT2D eigenvalue weighted by Crippen LogP contribution is 2.16. The molecule has 3 rings (SSSR count). The van der Waals surface area contributed by atoms with Crippen LogP contribution in [0.5, 0.6) is 0 Å². The average molecular weight is 289 g/mol. The third-order valence-electron chi connectivity index (χ3n) is 3.35. The standard InChI is InChI=1S/C19H16N2O/c22-19(20-18-11-5-2-6-12-18)15-21-13-7-10-17(14-21)16-8-3-1-4-9-16/h1-14H,15H2/p+1. The average Bonchev–Trinajstić information content (AvgIpc) is 2.57. The Bertz CT molecular complexity index is 755. The lowest BCUT2D eigenvalue weighted by molar-refractivity contribution is -0.683. The fourth-order valence-electron chi connectivity index (χ4n) is 2.31. The molecular weight excluding hydrogens is 272 g/mol. The maximum atomic E-state index is 12.1. The summed E-state index contributed by atoms with van der Waals surface area (Å²) in [6.07, 6.45) is 3.89. The minimum atomic E-state index is -0.0404. The quantitative estimate of drug-likeness (QED) is 0.735. The molecule has 0 fully saturated rings. The molecule has 3 aromatic rings. The predicted molar refractivity (Wildman–Crippen MR) is 87.1 cm³/mol. The van der Waals surface area contributed by atoms with E-state index in [1.165, 1.54) is 0 Å². The van der Waals surface area contributed by atoms with Crippen LogP contribution in [0.15, 0.2) is 85.2 Å². The maximum absolute atomic E-state index is 12.1.